The molecule has 160 valence electrons. The number of rotatable bonds is 7. The van der Waals surface area contributed by atoms with Gasteiger partial charge in [-0.3, -0.25) is 4.79 Å². The van der Waals surface area contributed by atoms with Crippen molar-refractivity contribution in [2.45, 2.75) is 51.4 Å². The Morgan fingerprint density at radius 2 is 2.07 bits per heavy atom. The molecule has 2 aromatic carbocycles. The second-order valence-corrected chi connectivity index (χ2v) is 7.75. The van der Waals surface area contributed by atoms with E-state index in [2.05, 4.69) is 10.5 Å². The van der Waals surface area contributed by atoms with E-state index in [4.69, 9.17) is 21.1 Å². The van der Waals surface area contributed by atoms with E-state index in [1.165, 1.54) is 13.1 Å². The number of nitrogens with one attached hydrogen (secondary N) is 1. The average Bonchev–Trinajstić information content (AvgIpc) is 2.70. The molecule has 30 heavy (non-hydrogen) atoms. The fraction of sp³-hybridized carbons (Fsp3) is 0.391. The molecule has 0 unspecified atom stereocenters. The number of aliphatic hydroxyl groups is 1. The van der Waals surface area contributed by atoms with Gasteiger partial charge in [0.15, 0.2) is 0 Å². The number of carbonyl (C=O) groups is 1. The van der Waals surface area contributed by atoms with Crippen molar-refractivity contribution in [2.75, 3.05) is 6.61 Å². The number of aliphatic hydroxyl groups excluding tert-OH is 1. The van der Waals surface area contributed by atoms with Crippen LogP contribution in [0.4, 0.5) is 0 Å². The van der Waals surface area contributed by atoms with Gasteiger partial charge in [-0.2, -0.15) is 5.10 Å². The summed E-state index contributed by atoms with van der Waals surface area (Å²) in [4.78, 5) is 11.0. The third-order valence-corrected chi connectivity index (χ3v) is 5.23. The number of amides is 1. The molecule has 0 bridgehead atoms. The summed E-state index contributed by atoms with van der Waals surface area (Å²) in [5.41, 5.74) is 5.43. The van der Waals surface area contributed by atoms with Gasteiger partial charge in [0.25, 0.3) is 0 Å². The summed E-state index contributed by atoms with van der Waals surface area (Å²) in [7, 11) is 0. The zero-order valence-electron chi connectivity index (χ0n) is 17.2. The average molecular weight is 431 g/mol. The predicted molar refractivity (Wildman–Crippen MR) is 117 cm³/mol. The van der Waals surface area contributed by atoms with Crippen molar-refractivity contribution >= 4 is 23.7 Å². The van der Waals surface area contributed by atoms with Gasteiger partial charge in [-0.1, -0.05) is 35.9 Å². The van der Waals surface area contributed by atoms with Crippen LogP contribution in [0, 0.1) is 0 Å². The monoisotopic (exact) mass is 430 g/mol. The molecule has 1 aliphatic heterocycles. The number of nitrogens with zero attached hydrogens (tertiary/aromatic N) is 1. The van der Waals surface area contributed by atoms with Crippen LogP contribution in [0.15, 0.2) is 47.6 Å². The summed E-state index contributed by atoms with van der Waals surface area (Å²) in [5.74, 6) is 0.591. The summed E-state index contributed by atoms with van der Waals surface area (Å²) in [5, 5.41) is 14.8. The van der Waals surface area contributed by atoms with Crippen LogP contribution < -0.4 is 10.2 Å². The lowest BCUT2D eigenvalue weighted by Gasteiger charge is -2.32. The fourth-order valence-electron chi connectivity index (χ4n) is 3.48. The molecule has 2 N–H and O–H groups in total. The summed E-state index contributed by atoms with van der Waals surface area (Å²) in [6.07, 6.45) is 1.97. The number of ether oxygens (including phenoxy) is 2. The molecule has 3 rings (SSSR count). The van der Waals surface area contributed by atoms with Gasteiger partial charge in [0.05, 0.1) is 31.1 Å². The molecular weight excluding hydrogens is 404 g/mol. The van der Waals surface area contributed by atoms with Crippen LogP contribution in [0.1, 0.15) is 49.5 Å². The number of benzene rings is 2. The van der Waals surface area contributed by atoms with Gasteiger partial charge in [-0.25, -0.2) is 5.43 Å². The number of halogens is 1. The third kappa shape index (κ3) is 6.29. The van der Waals surface area contributed by atoms with Crippen LogP contribution in [0.3, 0.4) is 0 Å². The maximum absolute atomic E-state index is 11.0. The third-order valence-electron chi connectivity index (χ3n) is 4.86. The highest BCUT2D eigenvalue weighted by Gasteiger charge is 2.29. The Balaban J connectivity index is 1.73. The van der Waals surface area contributed by atoms with Crippen molar-refractivity contribution in [3.05, 3.63) is 64.2 Å². The molecule has 1 aliphatic rings. The highest BCUT2D eigenvalue weighted by molar-refractivity contribution is 6.31. The van der Waals surface area contributed by atoms with Gasteiger partial charge < -0.3 is 14.6 Å². The number of carbonyl (C=O) groups excluding carboxylic acids is 1. The lowest BCUT2D eigenvalue weighted by molar-refractivity contribution is -0.118. The van der Waals surface area contributed by atoms with Crippen LogP contribution in [-0.2, 0) is 16.0 Å². The van der Waals surface area contributed by atoms with Crippen LogP contribution in [0.2, 0.25) is 5.02 Å². The number of hydrogen-bond acceptors (Lipinski definition) is 5. The molecule has 0 spiro atoms. The van der Waals surface area contributed by atoms with Gasteiger partial charge in [-0.15, -0.1) is 0 Å². The molecule has 7 heteroatoms. The Hall–Kier alpha value is -2.41. The van der Waals surface area contributed by atoms with Gasteiger partial charge in [0.1, 0.15) is 5.75 Å². The van der Waals surface area contributed by atoms with E-state index in [0.717, 1.165) is 22.4 Å². The first kappa shape index (κ1) is 22.3. The van der Waals surface area contributed by atoms with E-state index >= 15 is 0 Å². The highest BCUT2D eigenvalue weighted by Crippen LogP contribution is 2.33. The fourth-order valence-corrected chi connectivity index (χ4v) is 3.66. The molecule has 0 aromatic heterocycles. The summed E-state index contributed by atoms with van der Waals surface area (Å²) in [6, 6.07) is 13.8. The number of hydrazone groups is 1. The molecule has 2 aromatic rings. The molecule has 0 saturated carbocycles. The van der Waals surface area contributed by atoms with Crippen molar-refractivity contribution in [1.29, 1.82) is 0 Å². The van der Waals surface area contributed by atoms with Gasteiger partial charge in [0, 0.05) is 24.8 Å². The largest absolute Gasteiger partial charge is 0.494 e. The first-order valence-electron chi connectivity index (χ1n) is 10.1. The predicted octanol–water partition coefficient (Wildman–Crippen LogP) is 4.03. The Morgan fingerprint density at radius 1 is 1.30 bits per heavy atom. The molecule has 3 atom stereocenters. The van der Waals surface area contributed by atoms with E-state index < -0.39 is 6.10 Å². The number of hydrogen-bond donors (Lipinski definition) is 2. The minimum absolute atomic E-state index is 0.254. The van der Waals surface area contributed by atoms with Crippen molar-refractivity contribution in [2.24, 2.45) is 5.10 Å². The van der Waals surface area contributed by atoms with Gasteiger partial charge in [-0.05, 0) is 48.2 Å². The van der Waals surface area contributed by atoms with Crippen LogP contribution in [-0.4, -0.2) is 36.0 Å². The van der Waals surface area contributed by atoms with Gasteiger partial charge in [0.2, 0.25) is 5.91 Å². The topological polar surface area (TPSA) is 80.2 Å². The van der Waals surface area contributed by atoms with Crippen molar-refractivity contribution in [3.63, 3.8) is 0 Å². The van der Waals surface area contributed by atoms with Crippen LogP contribution in [0.25, 0.3) is 0 Å². The maximum Gasteiger partial charge on any atom is 0.236 e. The molecule has 0 aliphatic carbocycles. The summed E-state index contributed by atoms with van der Waals surface area (Å²) >= 11 is 6.45. The molecular formula is C23H27ClN2O4. The van der Waals surface area contributed by atoms with E-state index in [0.29, 0.717) is 30.9 Å². The van der Waals surface area contributed by atoms with E-state index in [1.54, 1.807) is 0 Å². The molecule has 1 amide bonds. The SMILES string of the molecule is CCOc1ccc(Cc2cc([C@H]3C[C@@H](O)C[C@@H](/C=N/NC(C)=O)O3)ccc2Cl)cc1. The molecule has 1 fully saturated rings. The molecule has 1 heterocycles. The minimum Gasteiger partial charge on any atom is -0.494 e. The van der Waals surface area contributed by atoms with Gasteiger partial charge >= 0.3 is 0 Å². The zero-order valence-corrected chi connectivity index (χ0v) is 17.9. The lowest BCUT2D eigenvalue weighted by atomic mass is 9.94. The van der Waals surface area contributed by atoms with Crippen LogP contribution in [0.5, 0.6) is 5.75 Å². The standard InChI is InChI=1S/C23H27ClN2O4/c1-3-29-20-7-4-16(5-8-20)10-18-11-17(6-9-22(18)24)23-13-19(28)12-21(30-23)14-25-26-15(2)27/h4-9,11,14,19,21,23,28H,3,10,12-13H2,1-2H3,(H,26,27)/b25-14+/t19-,21-,23+/m0/s1. The molecule has 1 saturated heterocycles. The molecule has 6 nitrogen and oxygen atoms in total. The Bertz CT molecular complexity index is 885. The van der Waals surface area contributed by atoms with Crippen molar-refractivity contribution in [1.82, 2.24) is 5.43 Å². The Labute approximate surface area is 181 Å². The van der Waals surface area contributed by atoms with Crippen molar-refractivity contribution < 1.29 is 19.4 Å². The second-order valence-electron chi connectivity index (χ2n) is 7.34. The maximum atomic E-state index is 11.0. The highest BCUT2D eigenvalue weighted by atomic mass is 35.5. The normalized spacial score (nSPS) is 21.5. The van der Waals surface area contributed by atoms with E-state index in [9.17, 15) is 9.90 Å². The smallest absolute Gasteiger partial charge is 0.236 e. The van der Waals surface area contributed by atoms with Crippen LogP contribution >= 0.6 is 11.6 Å². The summed E-state index contributed by atoms with van der Waals surface area (Å²) < 4.78 is 11.6. The van der Waals surface area contributed by atoms with E-state index in [-0.39, 0.29) is 18.1 Å². The zero-order chi connectivity index (χ0) is 21.5. The second kappa shape index (κ2) is 10.6. The first-order chi connectivity index (χ1) is 14.4. The minimum atomic E-state index is -0.511. The summed E-state index contributed by atoms with van der Waals surface area (Å²) in [6.45, 7) is 3.98. The quantitative estimate of drug-likeness (QED) is 0.513. The lowest BCUT2D eigenvalue weighted by Crippen LogP contribution is -2.33. The molecule has 0 radical (unpaired) electrons. The van der Waals surface area contributed by atoms with E-state index in [1.807, 2.05) is 49.4 Å². The van der Waals surface area contributed by atoms with Crippen molar-refractivity contribution in [3.8, 4) is 5.75 Å². The Kier molecular flexibility index (Phi) is 7.85. The first-order valence-corrected chi connectivity index (χ1v) is 10.5. The Morgan fingerprint density at radius 3 is 2.77 bits per heavy atom.